The quantitative estimate of drug-likeness (QED) is 0.436. The molecule has 0 aromatic rings. The van der Waals surface area contributed by atoms with Gasteiger partial charge in [-0.25, -0.2) is 4.79 Å². The molecule has 23 heavy (non-hydrogen) atoms. The maximum absolute atomic E-state index is 11.6. The Morgan fingerprint density at radius 3 is 2.13 bits per heavy atom. The van der Waals surface area contributed by atoms with Crippen LogP contribution in [0.5, 0.6) is 0 Å². The number of alkyl carbamates (subject to hydrolysis) is 1. The van der Waals surface area contributed by atoms with E-state index in [-0.39, 0.29) is 5.92 Å². The highest BCUT2D eigenvalue weighted by molar-refractivity contribution is 6.60. The second-order valence-corrected chi connectivity index (χ2v) is 7.78. The van der Waals surface area contributed by atoms with Gasteiger partial charge in [-0.2, -0.15) is 0 Å². The van der Waals surface area contributed by atoms with Gasteiger partial charge in [-0.05, 0) is 27.2 Å². The van der Waals surface area contributed by atoms with Gasteiger partial charge in [-0.3, -0.25) is 0 Å². The summed E-state index contributed by atoms with van der Waals surface area (Å²) in [5.41, 5.74) is 0. The first-order valence-corrected chi connectivity index (χ1v) is 10.3. The smallest absolute Gasteiger partial charge is 0.449 e. The fourth-order valence-electron chi connectivity index (χ4n) is 2.31. The number of hydrogen-bond acceptors (Lipinski definition) is 5. The van der Waals surface area contributed by atoms with Crippen LogP contribution in [-0.2, 0) is 18.0 Å². The monoisotopic (exact) mass is 343 g/mol. The summed E-state index contributed by atoms with van der Waals surface area (Å²) in [5, 5.41) is 2.75. The highest BCUT2D eigenvalue weighted by Crippen LogP contribution is 2.17. The van der Waals surface area contributed by atoms with Crippen LogP contribution in [0.3, 0.4) is 0 Å². The number of hydrogen-bond donors (Lipinski definition) is 1. The van der Waals surface area contributed by atoms with E-state index in [1.54, 1.807) is 0 Å². The Balaban J connectivity index is 2.24. The Bertz CT molecular complexity index is 371. The lowest BCUT2D eigenvalue weighted by molar-refractivity contribution is 0.0706. The number of carbonyl (C=O) groups excluding carboxylic acids is 1. The highest BCUT2D eigenvalue weighted by Gasteiger charge is 2.39. The predicted molar refractivity (Wildman–Crippen MR) is 91.2 cm³/mol. The van der Waals surface area contributed by atoms with Gasteiger partial charge in [-0.1, -0.05) is 24.3 Å². The highest BCUT2D eigenvalue weighted by atomic mass is 28.4. The minimum Gasteiger partial charge on any atom is -0.449 e. The molecule has 0 unspecified atom stereocenters. The van der Waals surface area contributed by atoms with Crippen LogP contribution in [0.1, 0.15) is 27.2 Å². The zero-order valence-corrected chi connectivity index (χ0v) is 15.4. The minimum atomic E-state index is -2.62. The number of carbonyl (C=O) groups is 1. The number of nitrogens with one attached hydrogen (secondary N) is 1. The molecule has 0 atom stereocenters. The van der Waals surface area contributed by atoms with E-state index in [0.29, 0.717) is 39.0 Å². The van der Waals surface area contributed by atoms with Crippen LogP contribution in [0.25, 0.3) is 0 Å². The molecule has 1 aliphatic carbocycles. The molecule has 1 aliphatic rings. The van der Waals surface area contributed by atoms with Crippen molar-refractivity contribution in [1.29, 1.82) is 0 Å². The third-order valence-electron chi connectivity index (χ3n) is 3.26. The Hall–Kier alpha value is -1.15. The Kier molecular flexibility index (Phi) is 9.85. The van der Waals surface area contributed by atoms with Crippen molar-refractivity contribution in [1.82, 2.24) is 5.32 Å². The summed E-state index contributed by atoms with van der Waals surface area (Å²) in [6.45, 7) is 8.35. The summed E-state index contributed by atoms with van der Waals surface area (Å²) in [6.07, 6.45) is 8.23. The molecule has 0 aromatic heterocycles. The van der Waals surface area contributed by atoms with Crippen molar-refractivity contribution in [2.24, 2.45) is 5.92 Å². The molecule has 1 N–H and O–H groups in total. The first-order valence-electron chi connectivity index (χ1n) is 8.33. The largest absolute Gasteiger partial charge is 0.500 e. The Labute approximate surface area is 140 Å². The van der Waals surface area contributed by atoms with Crippen molar-refractivity contribution in [3.05, 3.63) is 24.3 Å². The molecule has 0 spiro atoms. The number of rotatable bonds is 12. The van der Waals surface area contributed by atoms with E-state index >= 15 is 0 Å². The third kappa shape index (κ3) is 7.78. The lowest BCUT2D eigenvalue weighted by atomic mass is 10.2. The number of ether oxygens (including phenoxy) is 1. The average molecular weight is 343 g/mol. The van der Waals surface area contributed by atoms with E-state index in [9.17, 15) is 4.79 Å². The molecule has 0 bridgehead atoms. The summed E-state index contributed by atoms with van der Waals surface area (Å²) < 4.78 is 22.5. The molecule has 0 aliphatic heterocycles. The lowest BCUT2D eigenvalue weighted by Crippen LogP contribution is -2.46. The molecule has 6 nitrogen and oxygen atoms in total. The van der Waals surface area contributed by atoms with Crippen molar-refractivity contribution in [3.63, 3.8) is 0 Å². The molecule has 7 heteroatoms. The van der Waals surface area contributed by atoms with Crippen LogP contribution in [0.15, 0.2) is 24.3 Å². The normalized spacial score (nSPS) is 14.4. The van der Waals surface area contributed by atoms with Crippen LogP contribution in [-0.4, -0.2) is 47.9 Å². The fraction of sp³-hybridized carbons (Fsp3) is 0.688. The molecule has 0 heterocycles. The maximum Gasteiger partial charge on any atom is 0.500 e. The van der Waals surface area contributed by atoms with Crippen molar-refractivity contribution in [3.8, 4) is 0 Å². The van der Waals surface area contributed by atoms with Gasteiger partial charge >= 0.3 is 14.9 Å². The molecule has 1 amide bonds. The zero-order valence-electron chi connectivity index (χ0n) is 14.4. The molecule has 0 aromatic carbocycles. The SMILES string of the molecule is CCO[Si](CCCNC(=O)OCC1C=CC=C1)(OCC)OCC. The Morgan fingerprint density at radius 1 is 1.04 bits per heavy atom. The van der Waals surface area contributed by atoms with Gasteiger partial charge in [0.25, 0.3) is 0 Å². The average Bonchev–Trinajstić information content (AvgIpc) is 3.04. The van der Waals surface area contributed by atoms with Gasteiger partial charge < -0.3 is 23.3 Å². The number of amides is 1. The van der Waals surface area contributed by atoms with Crippen LogP contribution in [0.2, 0.25) is 6.04 Å². The van der Waals surface area contributed by atoms with Gasteiger partial charge in [0.15, 0.2) is 0 Å². The molecular weight excluding hydrogens is 314 g/mol. The molecule has 0 saturated heterocycles. The molecular formula is C16H29NO5Si. The number of allylic oxidation sites excluding steroid dienone is 2. The van der Waals surface area contributed by atoms with Crippen LogP contribution >= 0.6 is 0 Å². The van der Waals surface area contributed by atoms with Gasteiger partial charge in [-0.15, -0.1) is 0 Å². The van der Waals surface area contributed by atoms with Crippen LogP contribution in [0.4, 0.5) is 4.79 Å². The van der Waals surface area contributed by atoms with E-state index in [0.717, 1.165) is 6.42 Å². The minimum absolute atomic E-state index is 0.190. The first kappa shape index (κ1) is 19.9. The molecule has 0 saturated carbocycles. The summed E-state index contributed by atoms with van der Waals surface area (Å²) in [5.74, 6) is 0.190. The summed E-state index contributed by atoms with van der Waals surface area (Å²) in [7, 11) is -2.62. The van der Waals surface area contributed by atoms with Crippen molar-refractivity contribution in [2.45, 2.75) is 33.2 Å². The standard InChI is InChI=1S/C16H29NO5Si/c1-4-20-23(21-5-2,22-6-3)13-9-12-17-16(18)19-14-15-10-7-8-11-15/h7-8,10-11,15H,4-6,9,12-14H2,1-3H3,(H,17,18). The molecule has 0 fully saturated rings. The van der Waals surface area contributed by atoms with Crippen molar-refractivity contribution in [2.75, 3.05) is 33.0 Å². The van der Waals surface area contributed by atoms with Gasteiger partial charge in [0.05, 0.1) is 0 Å². The van der Waals surface area contributed by atoms with E-state index < -0.39 is 14.9 Å². The summed E-state index contributed by atoms with van der Waals surface area (Å²) >= 11 is 0. The van der Waals surface area contributed by atoms with Crippen molar-refractivity contribution >= 4 is 14.9 Å². The fourth-order valence-corrected chi connectivity index (χ4v) is 4.92. The van der Waals surface area contributed by atoms with Crippen LogP contribution < -0.4 is 5.32 Å². The summed E-state index contributed by atoms with van der Waals surface area (Å²) in [4.78, 5) is 11.6. The predicted octanol–water partition coefficient (Wildman–Crippen LogP) is 2.89. The second-order valence-electron chi connectivity index (χ2n) is 5.04. The van der Waals surface area contributed by atoms with E-state index in [2.05, 4.69) is 5.32 Å². The molecule has 0 radical (unpaired) electrons. The third-order valence-corrected chi connectivity index (χ3v) is 6.41. The molecule has 1 rings (SSSR count). The summed E-state index contributed by atoms with van der Waals surface area (Å²) in [6, 6.07) is 0.677. The second kappa shape index (κ2) is 11.4. The lowest BCUT2D eigenvalue weighted by Gasteiger charge is -2.28. The van der Waals surface area contributed by atoms with Crippen LogP contribution in [0, 0.1) is 5.92 Å². The Morgan fingerprint density at radius 2 is 1.61 bits per heavy atom. The topological polar surface area (TPSA) is 66.0 Å². The van der Waals surface area contributed by atoms with Crippen molar-refractivity contribution < 1.29 is 22.8 Å². The van der Waals surface area contributed by atoms with E-state index in [4.69, 9.17) is 18.0 Å². The first-order chi connectivity index (χ1) is 11.2. The van der Waals surface area contributed by atoms with Gasteiger partial charge in [0.2, 0.25) is 0 Å². The zero-order chi connectivity index (χ0) is 17.0. The molecule has 132 valence electrons. The van der Waals surface area contributed by atoms with E-state index in [1.165, 1.54) is 0 Å². The van der Waals surface area contributed by atoms with E-state index in [1.807, 2.05) is 45.1 Å². The van der Waals surface area contributed by atoms with Gasteiger partial charge in [0, 0.05) is 38.3 Å². The van der Waals surface area contributed by atoms with Gasteiger partial charge in [0.1, 0.15) is 6.61 Å². The maximum atomic E-state index is 11.6.